The highest BCUT2D eigenvalue weighted by Crippen LogP contribution is 2.19. The molecule has 6 nitrogen and oxygen atoms in total. The molecule has 0 saturated heterocycles. The van der Waals surface area contributed by atoms with Crippen molar-refractivity contribution in [3.63, 3.8) is 0 Å². The van der Waals surface area contributed by atoms with Gasteiger partial charge in [0.05, 0.1) is 17.6 Å². The maximum atomic E-state index is 12.1. The van der Waals surface area contributed by atoms with Crippen LogP contribution in [0.25, 0.3) is 11.0 Å². The average Bonchev–Trinajstić information content (AvgIpc) is 3.25. The van der Waals surface area contributed by atoms with Crippen LogP contribution in [0.5, 0.6) is 11.5 Å². The monoisotopic (exact) mass is 485 g/mol. The van der Waals surface area contributed by atoms with Crippen LogP contribution in [0, 0.1) is 13.8 Å². The second kappa shape index (κ2) is 12.8. The van der Waals surface area contributed by atoms with Crippen LogP contribution in [0.1, 0.15) is 36.2 Å². The van der Waals surface area contributed by atoms with Gasteiger partial charge in [-0.05, 0) is 80.6 Å². The number of nitrogens with one attached hydrogen (secondary N) is 1. The molecule has 0 atom stereocenters. The van der Waals surface area contributed by atoms with Gasteiger partial charge in [0.2, 0.25) is 0 Å². The van der Waals surface area contributed by atoms with Crippen LogP contribution in [0.4, 0.5) is 0 Å². The van der Waals surface area contributed by atoms with E-state index in [0.29, 0.717) is 18.9 Å². The number of hydrogen-bond acceptors (Lipinski definition) is 4. The van der Waals surface area contributed by atoms with Crippen LogP contribution >= 0.6 is 0 Å². The number of ether oxygens (including phenoxy) is 2. The maximum absolute atomic E-state index is 12.1. The summed E-state index contributed by atoms with van der Waals surface area (Å²) in [5, 5.41) is 2.94. The molecule has 3 aromatic carbocycles. The normalized spacial score (nSPS) is 10.9. The minimum absolute atomic E-state index is 0.0206. The first-order chi connectivity index (χ1) is 17.6. The number of aromatic nitrogens is 2. The summed E-state index contributed by atoms with van der Waals surface area (Å²) in [5.41, 5.74) is 4.70. The molecule has 4 rings (SSSR count). The quantitative estimate of drug-likeness (QED) is 0.249. The number of carbonyl (C=O) groups excluding carboxylic acids is 1. The molecule has 0 aliphatic heterocycles. The van der Waals surface area contributed by atoms with E-state index in [1.54, 1.807) is 0 Å². The summed E-state index contributed by atoms with van der Waals surface area (Å²) in [5.74, 6) is 2.57. The third kappa shape index (κ3) is 7.11. The van der Waals surface area contributed by atoms with Crippen molar-refractivity contribution in [2.45, 2.75) is 46.1 Å². The lowest BCUT2D eigenvalue weighted by molar-refractivity contribution is -0.123. The molecule has 4 aromatic rings. The number of benzene rings is 3. The van der Waals surface area contributed by atoms with Crippen molar-refractivity contribution in [3.8, 4) is 11.5 Å². The number of fused-ring (bicyclic) bond motifs is 1. The fourth-order valence-corrected chi connectivity index (χ4v) is 4.12. The number of nitrogens with zero attached hydrogens (tertiary/aromatic N) is 2. The van der Waals surface area contributed by atoms with Crippen molar-refractivity contribution < 1.29 is 14.3 Å². The van der Waals surface area contributed by atoms with Gasteiger partial charge < -0.3 is 19.4 Å². The molecule has 0 bridgehead atoms. The van der Waals surface area contributed by atoms with Gasteiger partial charge in [0.15, 0.2) is 6.61 Å². The molecule has 0 aliphatic rings. The SMILES string of the molecule is Cc1ccc(OCCCCn2c(CCCNC(=O)COc3ccccc3)nc3ccccc32)cc1C. The van der Waals surface area contributed by atoms with Crippen LogP contribution < -0.4 is 14.8 Å². The van der Waals surface area contributed by atoms with Gasteiger partial charge in [-0.1, -0.05) is 36.4 Å². The number of para-hydroxylation sites is 3. The molecule has 1 heterocycles. The Morgan fingerprint density at radius 1 is 0.861 bits per heavy atom. The highest BCUT2D eigenvalue weighted by atomic mass is 16.5. The Labute approximate surface area is 213 Å². The van der Waals surface area contributed by atoms with E-state index in [4.69, 9.17) is 14.5 Å². The van der Waals surface area contributed by atoms with E-state index in [1.807, 2.05) is 42.5 Å². The zero-order chi connectivity index (χ0) is 25.2. The van der Waals surface area contributed by atoms with E-state index < -0.39 is 0 Å². The highest BCUT2D eigenvalue weighted by molar-refractivity contribution is 5.77. The molecular weight excluding hydrogens is 450 g/mol. The molecule has 0 spiro atoms. The predicted molar refractivity (Wildman–Crippen MR) is 144 cm³/mol. The zero-order valence-corrected chi connectivity index (χ0v) is 21.2. The lowest BCUT2D eigenvalue weighted by Gasteiger charge is -2.11. The molecular formula is C30H35N3O3. The first-order valence-electron chi connectivity index (χ1n) is 12.7. The molecule has 0 aliphatic carbocycles. The third-order valence-corrected chi connectivity index (χ3v) is 6.27. The van der Waals surface area contributed by atoms with Crippen LogP contribution in [0.3, 0.4) is 0 Å². The first-order valence-corrected chi connectivity index (χ1v) is 12.7. The Morgan fingerprint density at radius 2 is 1.67 bits per heavy atom. The molecule has 1 aromatic heterocycles. The van der Waals surface area contributed by atoms with E-state index in [1.165, 1.54) is 11.1 Å². The van der Waals surface area contributed by atoms with E-state index >= 15 is 0 Å². The number of amides is 1. The number of rotatable bonds is 13. The Kier molecular flexibility index (Phi) is 8.98. The van der Waals surface area contributed by atoms with Crippen molar-refractivity contribution in [2.75, 3.05) is 19.8 Å². The molecule has 188 valence electrons. The Balaban J connectivity index is 1.23. The molecule has 36 heavy (non-hydrogen) atoms. The Morgan fingerprint density at radius 3 is 2.50 bits per heavy atom. The van der Waals surface area contributed by atoms with E-state index in [-0.39, 0.29) is 12.5 Å². The van der Waals surface area contributed by atoms with E-state index in [0.717, 1.165) is 54.8 Å². The minimum Gasteiger partial charge on any atom is -0.494 e. The Bertz CT molecular complexity index is 1270. The van der Waals surface area contributed by atoms with Crippen LogP contribution in [0.2, 0.25) is 0 Å². The summed E-state index contributed by atoms with van der Waals surface area (Å²) in [6, 6.07) is 23.9. The van der Waals surface area contributed by atoms with Gasteiger partial charge in [-0.2, -0.15) is 0 Å². The number of hydrogen-bond donors (Lipinski definition) is 1. The summed E-state index contributed by atoms with van der Waals surface area (Å²) in [6.45, 7) is 6.42. The van der Waals surface area contributed by atoms with Crippen molar-refractivity contribution in [3.05, 3.63) is 89.7 Å². The molecule has 6 heteroatoms. The van der Waals surface area contributed by atoms with E-state index in [9.17, 15) is 4.79 Å². The van der Waals surface area contributed by atoms with Crippen molar-refractivity contribution in [1.29, 1.82) is 0 Å². The largest absolute Gasteiger partial charge is 0.494 e. The fourth-order valence-electron chi connectivity index (χ4n) is 4.12. The van der Waals surface area contributed by atoms with Crippen LogP contribution in [-0.2, 0) is 17.8 Å². The third-order valence-electron chi connectivity index (χ3n) is 6.27. The van der Waals surface area contributed by atoms with Crippen LogP contribution in [0.15, 0.2) is 72.8 Å². The zero-order valence-electron chi connectivity index (χ0n) is 21.2. The minimum atomic E-state index is -0.115. The molecule has 0 fully saturated rings. The molecule has 1 N–H and O–H groups in total. The lowest BCUT2D eigenvalue weighted by atomic mass is 10.1. The Hall–Kier alpha value is -3.80. The maximum Gasteiger partial charge on any atom is 0.257 e. The summed E-state index contributed by atoms with van der Waals surface area (Å²) in [6.07, 6.45) is 3.59. The van der Waals surface area contributed by atoms with Gasteiger partial charge in [0, 0.05) is 19.5 Å². The summed E-state index contributed by atoms with van der Waals surface area (Å²) < 4.78 is 13.8. The van der Waals surface area contributed by atoms with Gasteiger partial charge in [-0.15, -0.1) is 0 Å². The second-order valence-electron chi connectivity index (χ2n) is 9.03. The summed E-state index contributed by atoms with van der Waals surface area (Å²) >= 11 is 0. The second-order valence-corrected chi connectivity index (χ2v) is 9.03. The van der Waals surface area contributed by atoms with Crippen LogP contribution in [-0.4, -0.2) is 35.2 Å². The van der Waals surface area contributed by atoms with Crippen molar-refractivity contribution >= 4 is 16.9 Å². The van der Waals surface area contributed by atoms with Crippen molar-refractivity contribution in [1.82, 2.24) is 14.9 Å². The van der Waals surface area contributed by atoms with E-state index in [2.05, 4.69) is 54.1 Å². The number of unbranched alkanes of at least 4 members (excludes halogenated alkanes) is 1. The highest BCUT2D eigenvalue weighted by Gasteiger charge is 2.11. The lowest BCUT2D eigenvalue weighted by Crippen LogP contribution is -2.30. The molecule has 1 amide bonds. The van der Waals surface area contributed by atoms with Gasteiger partial charge in [-0.3, -0.25) is 4.79 Å². The van der Waals surface area contributed by atoms with Crippen molar-refractivity contribution in [2.24, 2.45) is 0 Å². The smallest absolute Gasteiger partial charge is 0.257 e. The number of carbonyl (C=O) groups is 1. The van der Waals surface area contributed by atoms with Gasteiger partial charge in [0.25, 0.3) is 5.91 Å². The fraction of sp³-hybridized carbons (Fsp3) is 0.333. The molecule has 0 saturated carbocycles. The molecule has 0 radical (unpaired) electrons. The van der Waals surface area contributed by atoms with Gasteiger partial charge in [0.1, 0.15) is 17.3 Å². The van der Waals surface area contributed by atoms with Gasteiger partial charge >= 0.3 is 0 Å². The standard InChI is InChI=1S/C30H35N3O3/c1-23-16-17-26(21-24(23)2)35-20-9-8-19-33-28-14-7-6-13-27(28)32-29(33)15-10-18-31-30(34)22-36-25-11-4-3-5-12-25/h3-7,11-14,16-17,21H,8-10,15,18-20,22H2,1-2H3,(H,31,34). The predicted octanol–water partition coefficient (Wildman–Crippen LogP) is 5.64. The summed E-state index contributed by atoms with van der Waals surface area (Å²) in [7, 11) is 0. The average molecular weight is 486 g/mol. The van der Waals surface area contributed by atoms with Gasteiger partial charge in [-0.25, -0.2) is 4.98 Å². The number of imidazole rings is 1. The first kappa shape index (κ1) is 25.3. The molecule has 0 unspecified atom stereocenters. The summed E-state index contributed by atoms with van der Waals surface area (Å²) in [4.78, 5) is 17.0. The number of aryl methyl sites for hydroxylation is 4. The topological polar surface area (TPSA) is 65.4 Å².